The Morgan fingerprint density at radius 3 is 2.31 bits per heavy atom. The van der Waals surface area contributed by atoms with Crippen molar-refractivity contribution in [3.63, 3.8) is 0 Å². The molecule has 0 spiro atoms. The lowest BCUT2D eigenvalue weighted by Gasteiger charge is -2.20. The van der Waals surface area contributed by atoms with E-state index in [1.54, 1.807) is 16.7 Å². The number of imidazole rings is 1. The van der Waals surface area contributed by atoms with Crippen LogP contribution in [0.15, 0.2) is 41.6 Å². The molecule has 4 rings (SSSR count). The zero-order valence-corrected chi connectivity index (χ0v) is 20.3. The maximum atomic E-state index is 10.6. The lowest BCUT2D eigenvalue weighted by Crippen LogP contribution is -2.33. The molecular weight excluding hydrogens is 471 g/mol. The Balaban J connectivity index is 1.69. The number of nitrogens with zero attached hydrogens (tertiary/aromatic N) is 2. The highest BCUT2D eigenvalue weighted by molar-refractivity contribution is 7.98. The first-order chi connectivity index (χ1) is 15.1. The van der Waals surface area contributed by atoms with Crippen molar-refractivity contribution in [3.8, 4) is 0 Å². The van der Waals surface area contributed by atoms with Crippen molar-refractivity contribution in [2.45, 2.75) is 61.6 Å². The summed E-state index contributed by atoms with van der Waals surface area (Å²) in [5, 5.41) is 31.7. The third-order valence-corrected chi connectivity index (χ3v) is 7.40. The van der Waals surface area contributed by atoms with Gasteiger partial charge in [0.25, 0.3) is 0 Å². The second-order valence-corrected chi connectivity index (χ2v) is 10.7. The van der Waals surface area contributed by atoms with Gasteiger partial charge in [-0.25, -0.2) is 4.98 Å². The quantitative estimate of drug-likeness (QED) is 0.449. The number of fused-ring (bicyclic) bond motifs is 1. The van der Waals surface area contributed by atoms with E-state index in [4.69, 9.17) is 27.9 Å². The summed E-state index contributed by atoms with van der Waals surface area (Å²) in [6, 6.07) is 11.8. The van der Waals surface area contributed by atoms with Crippen LogP contribution >= 0.6 is 35.0 Å². The summed E-state index contributed by atoms with van der Waals surface area (Å²) in [6.07, 6.45) is -4.26. The average molecular weight is 497 g/mol. The predicted molar refractivity (Wildman–Crippen MR) is 127 cm³/mol. The molecule has 0 radical (unpaired) electrons. The van der Waals surface area contributed by atoms with Crippen molar-refractivity contribution < 1.29 is 20.1 Å². The third kappa shape index (κ3) is 4.53. The summed E-state index contributed by atoms with van der Waals surface area (Å²) in [6.45, 7) is 6.12. The second-order valence-electron chi connectivity index (χ2n) is 8.98. The number of hydrogen-bond donors (Lipinski definition) is 3. The second kappa shape index (κ2) is 9.14. The summed E-state index contributed by atoms with van der Waals surface area (Å²) >= 11 is 13.9. The van der Waals surface area contributed by atoms with Gasteiger partial charge in [0.15, 0.2) is 11.4 Å². The Bertz CT molecular complexity index is 1110. The van der Waals surface area contributed by atoms with Crippen LogP contribution in [0.1, 0.15) is 38.1 Å². The number of aliphatic hydroxyl groups is 3. The summed E-state index contributed by atoms with van der Waals surface area (Å²) in [4.78, 5) is 4.69. The van der Waals surface area contributed by atoms with E-state index in [-0.39, 0.29) is 5.41 Å². The monoisotopic (exact) mass is 496 g/mol. The van der Waals surface area contributed by atoms with Gasteiger partial charge in [0.1, 0.15) is 18.3 Å². The van der Waals surface area contributed by atoms with Crippen LogP contribution in [0.2, 0.25) is 10.0 Å². The van der Waals surface area contributed by atoms with Gasteiger partial charge < -0.3 is 20.1 Å². The molecule has 2 heterocycles. The number of ether oxygens (including phenoxy) is 1. The van der Waals surface area contributed by atoms with Crippen LogP contribution in [0.4, 0.5) is 0 Å². The number of aromatic nitrogens is 2. The van der Waals surface area contributed by atoms with Crippen LogP contribution < -0.4 is 0 Å². The van der Waals surface area contributed by atoms with E-state index in [0.717, 1.165) is 5.56 Å². The first-order valence-corrected chi connectivity index (χ1v) is 12.1. The van der Waals surface area contributed by atoms with Gasteiger partial charge in [0, 0.05) is 5.75 Å². The highest BCUT2D eigenvalue weighted by Gasteiger charge is 2.44. The van der Waals surface area contributed by atoms with E-state index in [0.29, 0.717) is 32.0 Å². The molecule has 0 aliphatic carbocycles. The number of halogens is 2. The van der Waals surface area contributed by atoms with Crippen molar-refractivity contribution in [1.82, 2.24) is 9.55 Å². The maximum Gasteiger partial charge on any atom is 0.171 e. The Morgan fingerprint density at radius 1 is 1.06 bits per heavy atom. The van der Waals surface area contributed by atoms with Gasteiger partial charge in [-0.2, -0.15) is 0 Å². The molecule has 9 heteroatoms. The van der Waals surface area contributed by atoms with Crippen molar-refractivity contribution in [3.05, 3.63) is 57.6 Å². The number of hydrogen-bond acceptors (Lipinski definition) is 6. The first-order valence-electron chi connectivity index (χ1n) is 10.3. The largest absolute Gasteiger partial charge is 0.394 e. The van der Waals surface area contributed by atoms with E-state index in [1.807, 2.05) is 0 Å². The normalized spacial score (nSPS) is 23.9. The molecule has 2 aromatic carbocycles. The standard InChI is InChI=1S/C23H26Cl2N2O4S/c1-23(2,3)13-6-4-12(5-7-13)11-32-22-26-16-8-14(24)15(25)9-17(16)27(22)21-20(30)19(29)18(10-28)31-21/h4-9,18-21,28-30H,10-11H2,1-3H3/t18-,19-,20-,21-/m1/s1. The van der Waals surface area contributed by atoms with Gasteiger partial charge in [0.2, 0.25) is 0 Å². The molecule has 1 aromatic heterocycles. The third-order valence-electron chi connectivity index (χ3n) is 5.66. The Hall–Kier alpha value is -1.32. The lowest BCUT2D eigenvalue weighted by atomic mass is 9.87. The molecule has 0 unspecified atom stereocenters. The minimum absolute atomic E-state index is 0.0816. The number of aliphatic hydroxyl groups excluding tert-OH is 3. The number of benzene rings is 2. The smallest absolute Gasteiger partial charge is 0.171 e. The summed E-state index contributed by atoms with van der Waals surface area (Å²) in [5.41, 5.74) is 3.69. The zero-order chi connectivity index (χ0) is 23.2. The fourth-order valence-corrected chi connectivity index (χ4v) is 5.07. The molecule has 3 N–H and O–H groups in total. The minimum Gasteiger partial charge on any atom is -0.394 e. The van der Waals surface area contributed by atoms with Crippen molar-refractivity contribution >= 4 is 46.0 Å². The topological polar surface area (TPSA) is 87.7 Å². The molecule has 172 valence electrons. The fraction of sp³-hybridized carbons (Fsp3) is 0.435. The van der Waals surface area contributed by atoms with Crippen LogP contribution in [0.5, 0.6) is 0 Å². The van der Waals surface area contributed by atoms with Crippen LogP contribution in [-0.4, -0.2) is 49.8 Å². The average Bonchev–Trinajstić information content (AvgIpc) is 3.23. The van der Waals surface area contributed by atoms with Gasteiger partial charge in [-0.05, 0) is 28.7 Å². The molecule has 4 atom stereocenters. The summed E-state index contributed by atoms with van der Waals surface area (Å²) in [5.74, 6) is 0.643. The molecule has 1 aliphatic rings. The van der Waals surface area contributed by atoms with Gasteiger partial charge in [-0.3, -0.25) is 4.57 Å². The Kier molecular flexibility index (Phi) is 6.81. The molecule has 6 nitrogen and oxygen atoms in total. The molecule has 1 fully saturated rings. The molecule has 0 bridgehead atoms. The molecule has 32 heavy (non-hydrogen) atoms. The molecule has 3 aromatic rings. The minimum atomic E-state index is -1.23. The van der Waals surface area contributed by atoms with E-state index < -0.39 is 31.1 Å². The zero-order valence-electron chi connectivity index (χ0n) is 18.0. The van der Waals surface area contributed by atoms with E-state index >= 15 is 0 Å². The highest BCUT2D eigenvalue weighted by Crippen LogP contribution is 2.39. The van der Waals surface area contributed by atoms with Gasteiger partial charge in [-0.15, -0.1) is 0 Å². The van der Waals surface area contributed by atoms with Gasteiger partial charge in [0.05, 0.1) is 27.7 Å². The molecular formula is C23H26Cl2N2O4S. The van der Waals surface area contributed by atoms with Crippen LogP contribution in [-0.2, 0) is 15.9 Å². The van der Waals surface area contributed by atoms with E-state index in [1.165, 1.54) is 17.3 Å². The van der Waals surface area contributed by atoms with Crippen LogP contribution in [0.25, 0.3) is 11.0 Å². The fourth-order valence-electron chi connectivity index (χ4n) is 3.76. The van der Waals surface area contributed by atoms with Crippen molar-refractivity contribution in [2.75, 3.05) is 6.61 Å². The molecule has 0 saturated carbocycles. The van der Waals surface area contributed by atoms with Crippen molar-refractivity contribution in [2.24, 2.45) is 0 Å². The lowest BCUT2D eigenvalue weighted by molar-refractivity contribution is -0.0546. The summed E-state index contributed by atoms with van der Waals surface area (Å²) in [7, 11) is 0. The van der Waals surface area contributed by atoms with E-state index in [9.17, 15) is 15.3 Å². The SMILES string of the molecule is CC(C)(C)c1ccc(CSc2nc3cc(Cl)c(Cl)cc3n2[C@@H]2O[C@H](CO)[C@@H](O)[C@H]2O)cc1. The number of thioether (sulfide) groups is 1. The maximum absolute atomic E-state index is 10.6. The molecule has 1 aliphatic heterocycles. The highest BCUT2D eigenvalue weighted by atomic mass is 35.5. The van der Waals surface area contributed by atoms with Crippen LogP contribution in [0, 0.1) is 0 Å². The van der Waals surface area contributed by atoms with Crippen molar-refractivity contribution in [1.29, 1.82) is 0 Å². The first kappa shape index (κ1) is 23.8. The Morgan fingerprint density at radius 2 is 1.72 bits per heavy atom. The molecule has 1 saturated heterocycles. The summed E-state index contributed by atoms with van der Waals surface area (Å²) < 4.78 is 7.50. The van der Waals surface area contributed by atoms with Gasteiger partial charge >= 0.3 is 0 Å². The van der Waals surface area contributed by atoms with E-state index in [2.05, 4.69) is 50.0 Å². The Labute approximate surface area is 201 Å². The number of rotatable bonds is 5. The molecule has 0 amide bonds. The predicted octanol–water partition coefficient (Wildman–Crippen LogP) is 4.54. The van der Waals surface area contributed by atoms with Gasteiger partial charge in [-0.1, -0.05) is 80.0 Å². The van der Waals surface area contributed by atoms with Crippen LogP contribution in [0.3, 0.4) is 0 Å².